The molecule has 0 spiro atoms. The SMILES string of the molecule is CCOC(=O)c1ccc2nc(N3C4CC[C@H]3CC(OCc3c(C5CC5c5ccccc5)noc3C3CC3)C4)sc2c1. The van der Waals surface area contributed by atoms with Crippen molar-refractivity contribution in [2.24, 2.45) is 0 Å². The van der Waals surface area contributed by atoms with Crippen LogP contribution in [0.2, 0.25) is 0 Å². The minimum atomic E-state index is -0.277. The summed E-state index contributed by atoms with van der Waals surface area (Å²) in [7, 11) is 0. The van der Waals surface area contributed by atoms with Crippen molar-refractivity contribution >= 4 is 32.7 Å². The lowest BCUT2D eigenvalue weighted by Gasteiger charge is -2.38. The molecule has 2 saturated carbocycles. The number of carbonyl (C=O) groups is 1. The smallest absolute Gasteiger partial charge is 0.338 e. The number of ether oxygens (including phenoxy) is 2. The fourth-order valence-corrected chi connectivity index (χ4v) is 8.29. The zero-order chi connectivity index (χ0) is 27.5. The molecule has 4 fully saturated rings. The topological polar surface area (TPSA) is 77.7 Å². The first-order valence-electron chi connectivity index (χ1n) is 15.2. The summed E-state index contributed by atoms with van der Waals surface area (Å²) in [6.07, 6.45) is 8.11. The Hall–Kier alpha value is -3.23. The van der Waals surface area contributed by atoms with Crippen molar-refractivity contribution in [3.05, 3.63) is 76.7 Å². The van der Waals surface area contributed by atoms with E-state index in [-0.39, 0.29) is 12.1 Å². The summed E-state index contributed by atoms with van der Waals surface area (Å²) in [4.78, 5) is 19.7. The highest BCUT2D eigenvalue weighted by atomic mass is 32.1. The van der Waals surface area contributed by atoms with Gasteiger partial charge in [0.1, 0.15) is 5.76 Å². The molecule has 2 aliphatic heterocycles. The first-order valence-corrected chi connectivity index (χ1v) is 16.0. The van der Waals surface area contributed by atoms with Crippen molar-refractivity contribution in [1.82, 2.24) is 10.1 Å². The Labute approximate surface area is 243 Å². The van der Waals surface area contributed by atoms with E-state index in [1.54, 1.807) is 11.3 Å². The Kier molecular flexibility index (Phi) is 6.37. The number of anilines is 1. The molecule has 0 radical (unpaired) electrons. The number of nitrogens with zero attached hydrogens (tertiary/aromatic N) is 3. The summed E-state index contributed by atoms with van der Waals surface area (Å²) in [6.45, 7) is 2.81. The quantitative estimate of drug-likeness (QED) is 0.195. The van der Waals surface area contributed by atoms with Gasteiger partial charge in [0.15, 0.2) is 5.13 Å². The number of piperidine rings is 1. The third kappa shape index (κ3) is 4.75. The van der Waals surface area contributed by atoms with Gasteiger partial charge < -0.3 is 18.9 Å². The van der Waals surface area contributed by atoms with Crippen molar-refractivity contribution in [2.75, 3.05) is 11.5 Å². The summed E-state index contributed by atoms with van der Waals surface area (Å²) in [5.41, 5.74) is 5.30. The Morgan fingerprint density at radius 2 is 1.83 bits per heavy atom. The van der Waals surface area contributed by atoms with Gasteiger partial charge in [0.05, 0.1) is 40.8 Å². The number of rotatable bonds is 9. The largest absolute Gasteiger partial charge is 0.462 e. The lowest BCUT2D eigenvalue weighted by Crippen LogP contribution is -2.45. The molecule has 41 heavy (non-hydrogen) atoms. The van der Waals surface area contributed by atoms with Crippen LogP contribution in [0.1, 0.15) is 103 Å². The number of thiazole rings is 1. The highest BCUT2D eigenvalue weighted by Crippen LogP contribution is 2.56. The summed E-state index contributed by atoms with van der Waals surface area (Å²) < 4.78 is 18.9. The molecular weight excluding hydrogens is 534 g/mol. The zero-order valence-corrected chi connectivity index (χ0v) is 24.1. The number of esters is 1. The van der Waals surface area contributed by atoms with Gasteiger partial charge in [-0.15, -0.1) is 0 Å². The maximum atomic E-state index is 12.2. The van der Waals surface area contributed by atoms with Gasteiger partial charge in [-0.1, -0.05) is 46.8 Å². The van der Waals surface area contributed by atoms with Crippen molar-refractivity contribution < 1.29 is 18.8 Å². The van der Waals surface area contributed by atoms with Gasteiger partial charge in [0.25, 0.3) is 0 Å². The molecule has 212 valence electrons. The molecule has 2 bridgehead atoms. The Balaban J connectivity index is 0.961. The minimum Gasteiger partial charge on any atom is -0.462 e. The van der Waals surface area contributed by atoms with Crippen molar-refractivity contribution in [2.45, 2.75) is 94.4 Å². The van der Waals surface area contributed by atoms with E-state index >= 15 is 0 Å². The average Bonchev–Trinajstić information content (AvgIpc) is 3.89. The summed E-state index contributed by atoms with van der Waals surface area (Å²) >= 11 is 1.68. The molecular formula is C33H35N3O4S. The van der Waals surface area contributed by atoms with E-state index in [0.29, 0.717) is 48.6 Å². The summed E-state index contributed by atoms with van der Waals surface area (Å²) in [6, 6.07) is 17.3. The molecule has 0 amide bonds. The van der Waals surface area contributed by atoms with E-state index in [1.165, 1.54) is 36.8 Å². The molecule has 5 atom stereocenters. The van der Waals surface area contributed by atoms with Crippen molar-refractivity contribution in [3.8, 4) is 0 Å². The molecule has 7 nitrogen and oxygen atoms in total. The van der Waals surface area contributed by atoms with Gasteiger partial charge in [-0.3, -0.25) is 0 Å². The Bertz CT molecular complexity index is 1560. The number of aromatic nitrogens is 2. The van der Waals surface area contributed by atoms with Crippen LogP contribution in [-0.4, -0.2) is 40.9 Å². The maximum absolute atomic E-state index is 12.2. The van der Waals surface area contributed by atoms with Crippen LogP contribution in [0.3, 0.4) is 0 Å². The van der Waals surface area contributed by atoms with Crippen LogP contribution >= 0.6 is 11.3 Å². The van der Waals surface area contributed by atoms with Gasteiger partial charge in [-0.25, -0.2) is 9.78 Å². The molecule has 4 heterocycles. The predicted molar refractivity (Wildman–Crippen MR) is 158 cm³/mol. The number of carbonyl (C=O) groups excluding carboxylic acids is 1. The van der Waals surface area contributed by atoms with Crippen molar-refractivity contribution in [1.29, 1.82) is 0 Å². The highest BCUT2D eigenvalue weighted by Gasteiger charge is 2.46. The Morgan fingerprint density at radius 1 is 1.02 bits per heavy atom. The molecule has 4 aromatic rings. The van der Waals surface area contributed by atoms with E-state index in [0.717, 1.165) is 46.1 Å². The molecule has 0 N–H and O–H groups in total. The van der Waals surface area contributed by atoms with Crippen LogP contribution in [0.5, 0.6) is 0 Å². The molecule has 2 aromatic carbocycles. The Morgan fingerprint density at radius 3 is 2.59 bits per heavy atom. The van der Waals surface area contributed by atoms with Gasteiger partial charge in [-0.2, -0.15) is 0 Å². The van der Waals surface area contributed by atoms with Crippen LogP contribution in [0.4, 0.5) is 5.13 Å². The fourth-order valence-electron chi connectivity index (χ4n) is 7.14. The predicted octanol–water partition coefficient (Wildman–Crippen LogP) is 7.33. The van der Waals surface area contributed by atoms with Crippen LogP contribution in [0.25, 0.3) is 10.2 Å². The molecule has 2 saturated heterocycles. The number of hydrogen-bond acceptors (Lipinski definition) is 8. The number of benzene rings is 2. The number of hydrogen-bond donors (Lipinski definition) is 0. The number of fused-ring (bicyclic) bond motifs is 3. The third-order valence-electron chi connectivity index (χ3n) is 9.43. The van der Waals surface area contributed by atoms with Crippen molar-refractivity contribution in [3.63, 3.8) is 0 Å². The lowest BCUT2D eigenvalue weighted by atomic mass is 10.00. The maximum Gasteiger partial charge on any atom is 0.338 e. The monoisotopic (exact) mass is 569 g/mol. The van der Waals surface area contributed by atoms with E-state index in [1.807, 2.05) is 25.1 Å². The van der Waals surface area contributed by atoms with Crippen LogP contribution in [0.15, 0.2) is 53.1 Å². The molecule has 4 aliphatic rings. The second kappa shape index (κ2) is 10.2. The molecule has 8 heteroatoms. The third-order valence-corrected chi connectivity index (χ3v) is 10.5. The normalized spacial score (nSPS) is 27.0. The minimum absolute atomic E-state index is 0.229. The standard InChI is InChI=1S/C33H35N3O4S/c1-2-38-32(37)21-10-13-28-29(14-21)41-33(34-28)36-22-11-12-23(36)16-24(15-22)39-18-27-30(35-40-31(27)20-8-9-20)26-17-25(26)19-6-4-3-5-7-19/h3-7,10,13-14,20,22-26H,2,8-9,11-12,15-18H2,1H3/t22-,23?,24?,25?,26?/m0/s1. The summed E-state index contributed by atoms with van der Waals surface area (Å²) in [5, 5.41) is 5.68. The second-order valence-corrected chi connectivity index (χ2v) is 13.1. The first kappa shape index (κ1) is 25.5. The molecule has 2 aliphatic carbocycles. The van der Waals surface area contributed by atoms with Crippen LogP contribution in [-0.2, 0) is 16.1 Å². The second-order valence-electron chi connectivity index (χ2n) is 12.1. The van der Waals surface area contributed by atoms with Gasteiger partial charge in [-0.05, 0) is 81.5 Å². The zero-order valence-electron chi connectivity index (χ0n) is 23.3. The van der Waals surface area contributed by atoms with E-state index in [2.05, 4.69) is 40.4 Å². The summed E-state index contributed by atoms with van der Waals surface area (Å²) in [5.74, 6) is 2.29. The van der Waals surface area contributed by atoms with Crippen LogP contribution in [0, 0.1) is 0 Å². The molecule has 8 rings (SSSR count). The molecule has 4 unspecified atom stereocenters. The van der Waals surface area contributed by atoms with E-state index in [4.69, 9.17) is 19.0 Å². The van der Waals surface area contributed by atoms with Gasteiger partial charge >= 0.3 is 5.97 Å². The van der Waals surface area contributed by atoms with E-state index in [9.17, 15) is 4.79 Å². The van der Waals surface area contributed by atoms with Gasteiger partial charge in [0.2, 0.25) is 0 Å². The first-order chi connectivity index (χ1) is 20.2. The molecule has 2 aromatic heterocycles. The van der Waals surface area contributed by atoms with E-state index < -0.39 is 0 Å². The lowest BCUT2D eigenvalue weighted by molar-refractivity contribution is 0.0142. The van der Waals surface area contributed by atoms with Gasteiger partial charge in [0, 0.05) is 29.5 Å². The van der Waals surface area contributed by atoms with Crippen LogP contribution < -0.4 is 4.90 Å². The fraction of sp³-hybridized carbons (Fsp3) is 0.485. The highest BCUT2D eigenvalue weighted by molar-refractivity contribution is 7.22. The average molecular weight is 570 g/mol.